The van der Waals surface area contributed by atoms with Gasteiger partial charge in [-0.3, -0.25) is 0 Å². The van der Waals surface area contributed by atoms with Gasteiger partial charge < -0.3 is 15.0 Å². The van der Waals surface area contributed by atoms with E-state index in [1.54, 1.807) is 0 Å². The van der Waals surface area contributed by atoms with E-state index in [0.717, 1.165) is 13.2 Å². The van der Waals surface area contributed by atoms with Crippen LogP contribution < -0.4 is 5.32 Å². The molecule has 0 saturated carbocycles. The molecule has 0 spiro atoms. The van der Waals surface area contributed by atoms with Crippen molar-refractivity contribution in [2.45, 2.75) is 31.9 Å². The second kappa shape index (κ2) is 4.40. The third-order valence-electron chi connectivity index (χ3n) is 3.11. The van der Waals surface area contributed by atoms with Crippen molar-refractivity contribution in [3.05, 3.63) is 0 Å². The minimum Gasteiger partial charge on any atom is -0.376 e. The van der Waals surface area contributed by atoms with E-state index in [-0.39, 0.29) is 0 Å². The fraction of sp³-hybridized carbons (Fsp3) is 1.00. The molecule has 2 saturated heterocycles. The zero-order valence-electron chi connectivity index (χ0n) is 8.46. The Labute approximate surface area is 80.4 Å². The molecule has 1 N–H and O–H groups in total. The third-order valence-corrected chi connectivity index (χ3v) is 3.11. The molecule has 0 aliphatic carbocycles. The summed E-state index contributed by atoms with van der Waals surface area (Å²) in [5, 5.41) is 3.53. The fourth-order valence-electron chi connectivity index (χ4n) is 2.23. The van der Waals surface area contributed by atoms with Crippen LogP contribution in [0.2, 0.25) is 0 Å². The Morgan fingerprint density at radius 3 is 2.85 bits per heavy atom. The second-order valence-corrected chi connectivity index (χ2v) is 4.14. The smallest absolute Gasteiger partial charge is 0.0713 e. The van der Waals surface area contributed by atoms with E-state index in [0.29, 0.717) is 12.1 Å². The Balaban J connectivity index is 1.78. The molecule has 3 heteroatoms. The van der Waals surface area contributed by atoms with Crippen LogP contribution in [0.5, 0.6) is 0 Å². The van der Waals surface area contributed by atoms with Crippen LogP contribution in [-0.2, 0) is 4.74 Å². The molecule has 13 heavy (non-hydrogen) atoms. The molecule has 2 fully saturated rings. The summed E-state index contributed by atoms with van der Waals surface area (Å²) in [6.45, 7) is 7.80. The van der Waals surface area contributed by atoms with E-state index in [1.807, 2.05) is 0 Å². The van der Waals surface area contributed by atoms with Crippen LogP contribution in [0.25, 0.3) is 0 Å². The molecule has 76 valence electrons. The van der Waals surface area contributed by atoms with Crippen LogP contribution in [0, 0.1) is 0 Å². The van der Waals surface area contributed by atoms with E-state index in [4.69, 9.17) is 4.74 Å². The lowest BCUT2D eigenvalue weighted by Crippen LogP contribution is -2.52. The first-order chi connectivity index (χ1) is 6.36. The van der Waals surface area contributed by atoms with Gasteiger partial charge in [-0.15, -0.1) is 0 Å². The summed E-state index contributed by atoms with van der Waals surface area (Å²) in [5.41, 5.74) is 0. The van der Waals surface area contributed by atoms with Crippen LogP contribution in [0.15, 0.2) is 0 Å². The highest BCUT2D eigenvalue weighted by molar-refractivity contribution is 4.82. The molecule has 0 bridgehead atoms. The highest BCUT2D eigenvalue weighted by atomic mass is 16.5. The van der Waals surface area contributed by atoms with Crippen molar-refractivity contribution in [3.8, 4) is 0 Å². The molecule has 3 nitrogen and oxygen atoms in total. The Morgan fingerprint density at radius 2 is 2.15 bits per heavy atom. The number of rotatable bonds is 2. The third kappa shape index (κ3) is 2.42. The molecule has 2 aliphatic heterocycles. The first kappa shape index (κ1) is 9.44. The predicted molar refractivity (Wildman–Crippen MR) is 52.9 cm³/mol. The van der Waals surface area contributed by atoms with Crippen molar-refractivity contribution in [3.63, 3.8) is 0 Å². The molecule has 2 aliphatic rings. The maximum Gasteiger partial charge on any atom is 0.0713 e. The number of ether oxygens (including phenoxy) is 1. The van der Waals surface area contributed by atoms with Gasteiger partial charge in [0.2, 0.25) is 0 Å². The van der Waals surface area contributed by atoms with Gasteiger partial charge in [0.1, 0.15) is 0 Å². The number of likely N-dealkylation sites (tertiary alicyclic amines) is 1. The lowest BCUT2D eigenvalue weighted by molar-refractivity contribution is -0.000178. The van der Waals surface area contributed by atoms with Crippen molar-refractivity contribution < 1.29 is 4.74 Å². The summed E-state index contributed by atoms with van der Waals surface area (Å²) in [5.74, 6) is 0. The van der Waals surface area contributed by atoms with E-state index in [1.165, 1.54) is 32.5 Å². The summed E-state index contributed by atoms with van der Waals surface area (Å²) in [4.78, 5) is 2.54. The van der Waals surface area contributed by atoms with Gasteiger partial charge in [0.05, 0.1) is 12.7 Å². The van der Waals surface area contributed by atoms with Gasteiger partial charge >= 0.3 is 0 Å². The highest BCUT2D eigenvalue weighted by Crippen LogP contribution is 2.11. The summed E-state index contributed by atoms with van der Waals surface area (Å²) in [6.07, 6.45) is 3.14. The molecule has 0 aromatic heterocycles. The fourth-order valence-corrected chi connectivity index (χ4v) is 2.23. The lowest BCUT2D eigenvalue weighted by Gasteiger charge is -2.33. The normalized spacial score (nSPS) is 36.7. The van der Waals surface area contributed by atoms with Gasteiger partial charge in [0.15, 0.2) is 0 Å². The Morgan fingerprint density at radius 1 is 1.38 bits per heavy atom. The van der Waals surface area contributed by atoms with Gasteiger partial charge in [-0.1, -0.05) is 0 Å². The quantitative estimate of drug-likeness (QED) is 0.675. The van der Waals surface area contributed by atoms with Crippen molar-refractivity contribution in [2.24, 2.45) is 0 Å². The Kier molecular flexibility index (Phi) is 3.19. The van der Waals surface area contributed by atoms with Crippen molar-refractivity contribution >= 4 is 0 Å². The standard InChI is InChI=1S/C10H20N2O/c1-9-10(11-4-7-13-9)8-12-5-2-3-6-12/h9-11H,2-8H2,1H3. The maximum atomic E-state index is 5.61. The van der Waals surface area contributed by atoms with Gasteiger partial charge in [0.25, 0.3) is 0 Å². The average molecular weight is 184 g/mol. The summed E-state index contributed by atoms with van der Waals surface area (Å²) >= 11 is 0. The van der Waals surface area contributed by atoms with E-state index in [2.05, 4.69) is 17.1 Å². The SMILES string of the molecule is CC1OCCNC1CN1CCCC1. The van der Waals surface area contributed by atoms with E-state index in [9.17, 15) is 0 Å². The summed E-state index contributed by atoms with van der Waals surface area (Å²) in [7, 11) is 0. The minimum atomic E-state index is 0.384. The monoisotopic (exact) mass is 184 g/mol. The predicted octanol–water partition coefficient (Wildman–Crippen LogP) is 0.459. The molecule has 0 aromatic carbocycles. The van der Waals surface area contributed by atoms with Gasteiger partial charge in [-0.05, 0) is 32.9 Å². The molecule has 2 heterocycles. The topological polar surface area (TPSA) is 24.5 Å². The van der Waals surface area contributed by atoms with Crippen molar-refractivity contribution in [1.82, 2.24) is 10.2 Å². The zero-order valence-corrected chi connectivity index (χ0v) is 8.46. The summed E-state index contributed by atoms with van der Waals surface area (Å²) in [6, 6.07) is 0.548. The van der Waals surface area contributed by atoms with Crippen LogP contribution in [0.4, 0.5) is 0 Å². The number of nitrogens with one attached hydrogen (secondary N) is 1. The number of nitrogens with zero attached hydrogens (tertiary/aromatic N) is 1. The van der Waals surface area contributed by atoms with Crippen LogP contribution in [-0.4, -0.2) is 49.8 Å². The van der Waals surface area contributed by atoms with E-state index < -0.39 is 0 Å². The molecular formula is C10H20N2O. The van der Waals surface area contributed by atoms with Crippen LogP contribution >= 0.6 is 0 Å². The summed E-state index contributed by atoms with van der Waals surface area (Å²) < 4.78 is 5.61. The van der Waals surface area contributed by atoms with Gasteiger partial charge in [-0.2, -0.15) is 0 Å². The molecular weight excluding hydrogens is 164 g/mol. The van der Waals surface area contributed by atoms with Crippen LogP contribution in [0.3, 0.4) is 0 Å². The van der Waals surface area contributed by atoms with Gasteiger partial charge in [-0.25, -0.2) is 0 Å². The molecule has 2 atom stereocenters. The van der Waals surface area contributed by atoms with E-state index >= 15 is 0 Å². The first-order valence-corrected chi connectivity index (χ1v) is 5.43. The largest absolute Gasteiger partial charge is 0.376 e. The average Bonchev–Trinajstić information content (AvgIpc) is 2.61. The molecule has 2 rings (SSSR count). The Hall–Kier alpha value is -0.120. The zero-order chi connectivity index (χ0) is 9.10. The highest BCUT2D eigenvalue weighted by Gasteiger charge is 2.24. The second-order valence-electron chi connectivity index (χ2n) is 4.14. The number of hydrogen-bond acceptors (Lipinski definition) is 3. The Bertz CT molecular complexity index is 157. The molecule has 0 amide bonds. The maximum absolute atomic E-state index is 5.61. The van der Waals surface area contributed by atoms with Crippen LogP contribution in [0.1, 0.15) is 19.8 Å². The van der Waals surface area contributed by atoms with Gasteiger partial charge in [0, 0.05) is 19.1 Å². The molecule has 0 radical (unpaired) electrons. The lowest BCUT2D eigenvalue weighted by atomic mass is 10.1. The minimum absolute atomic E-state index is 0.384. The number of morpholine rings is 1. The van der Waals surface area contributed by atoms with Crippen molar-refractivity contribution in [2.75, 3.05) is 32.8 Å². The van der Waals surface area contributed by atoms with Crippen molar-refractivity contribution in [1.29, 1.82) is 0 Å². The molecule has 0 aromatic rings. The number of hydrogen-bond donors (Lipinski definition) is 1. The molecule has 2 unspecified atom stereocenters. The first-order valence-electron chi connectivity index (χ1n) is 5.43.